The van der Waals surface area contributed by atoms with Gasteiger partial charge < -0.3 is 4.74 Å². The number of carbonyl (C=O) groups excluding carboxylic acids is 1. The second-order valence-electron chi connectivity index (χ2n) is 8.77. The maximum absolute atomic E-state index is 11.7. The van der Waals surface area contributed by atoms with Gasteiger partial charge in [0.1, 0.15) is 0 Å². The van der Waals surface area contributed by atoms with E-state index in [4.69, 9.17) is 4.74 Å². The van der Waals surface area contributed by atoms with Gasteiger partial charge in [0.05, 0.1) is 6.61 Å². The summed E-state index contributed by atoms with van der Waals surface area (Å²) in [4.78, 5) is 11.7. The summed E-state index contributed by atoms with van der Waals surface area (Å²) in [5.74, 6) is 0.305. The molecule has 0 aromatic carbocycles. The molecule has 2 heteroatoms. The Kier molecular flexibility index (Phi) is 20.3. The topological polar surface area (TPSA) is 26.3 Å². The minimum Gasteiger partial charge on any atom is -0.462 e. The molecule has 0 aromatic heterocycles. The molecule has 0 rings (SSSR count). The Morgan fingerprint density at radius 3 is 1.39 bits per heavy atom. The molecule has 1 unspecified atom stereocenters. The lowest BCUT2D eigenvalue weighted by Gasteiger charge is -2.17. The number of unbranched alkanes of at least 4 members (excludes halogenated alkanes) is 14. The molecule has 0 spiro atoms. The zero-order chi connectivity index (χ0) is 20.9. The zero-order valence-corrected chi connectivity index (χ0v) is 19.5. The molecule has 0 N–H and O–H groups in total. The highest BCUT2D eigenvalue weighted by atomic mass is 16.5. The Labute approximate surface area is 176 Å². The molecule has 0 amide bonds. The Balaban J connectivity index is 3.86. The number of carbonyl (C=O) groups is 1. The van der Waals surface area contributed by atoms with E-state index < -0.39 is 0 Å². The average molecular weight is 395 g/mol. The summed E-state index contributed by atoms with van der Waals surface area (Å²) >= 11 is 0. The van der Waals surface area contributed by atoms with Gasteiger partial charge in [0.15, 0.2) is 0 Å². The second kappa shape index (κ2) is 20.9. The van der Waals surface area contributed by atoms with Crippen LogP contribution >= 0.6 is 0 Å². The first-order valence-electron chi connectivity index (χ1n) is 12.4. The SMILES string of the molecule is C=C(C)C(=O)OCC(CCCCCCCC)CCCCCCCCCCCC. The van der Waals surface area contributed by atoms with Gasteiger partial charge in [-0.15, -0.1) is 0 Å². The van der Waals surface area contributed by atoms with E-state index in [-0.39, 0.29) is 5.97 Å². The van der Waals surface area contributed by atoms with Crippen LogP contribution in [0.3, 0.4) is 0 Å². The summed E-state index contributed by atoms with van der Waals surface area (Å²) in [7, 11) is 0. The molecule has 0 saturated carbocycles. The van der Waals surface area contributed by atoms with Crippen LogP contribution in [0.15, 0.2) is 12.2 Å². The average Bonchev–Trinajstić information content (AvgIpc) is 2.68. The van der Waals surface area contributed by atoms with Crippen LogP contribution in [0.2, 0.25) is 0 Å². The third-order valence-electron chi connectivity index (χ3n) is 5.73. The summed E-state index contributed by atoms with van der Waals surface area (Å²) in [5, 5.41) is 0. The summed E-state index contributed by atoms with van der Waals surface area (Å²) in [6.07, 6.45) is 24.1. The highest BCUT2D eigenvalue weighted by Gasteiger charge is 2.12. The minimum absolute atomic E-state index is 0.226. The Hall–Kier alpha value is -0.790. The van der Waals surface area contributed by atoms with Crippen molar-refractivity contribution in [2.24, 2.45) is 5.92 Å². The molecule has 0 aliphatic heterocycles. The van der Waals surface area contributed by atoms with Crippen molar-refractivity contribution in [2.45, 2.75) is 136 Å². The van der Waals surface area contributed by atoms with E-state index in [0.717, 1.165) is 0 Å². The molecule has 0 heterocycles. The maximum Gasteiger partial charge on any atom is 0.333 e. The van der Waals surface area contributed by atoms with Gasteiger partial charge in [-0.3, -0.25) is 0 Å². The fraction of sp³-hybridized carbons (Fsp3) is 0.885. The molecule has 28 heavy (non-hydrogen) atoms. The molecule has 2 nitrogen and oxygen atoms in total. The summed E-state index contributed by atoms with van der Waals surface area (Å²) in [6, 6.07) is 0. The monoisotopic (exact) mass is 394 g/mol. The van der Waals surface area contributed by atoms with Gasteiger partial charge in [-0.05, 0) is 25.7 Å². The van der Waals surface area contributed by atoms with Gasteiger partial charge in [0.25, 0.3) is 0 Å². The number of hydrogen-bond acceptors (Lipinski definition) is 2. The fourth-order valence-corrected chi connectivity index (χ4v) is 3.76. The molecule has 1 atom stereocenters. The van der Waals surface area contributed by atoms with Gasteiger partial charge in [-0.2, -0.15) is 0 Å². The normalized spacial score (nSPS) is 12.1. The Bertz CT molecular complexity index is 361. The Morgan fingerprint density at radius 2 is 1.04 bits per heavy atom. The van der Waals surface area contributed by atoms with E-state index in [1.54, 1.807) is 6.92 Å². The molecule has 0 fully saturated rings. The fourth-order valence-electron chi connectivity index (χ4n) is 3.76. The molecule has 0 bridgehead atoms. The van der Waals surface area contributed by atoms with Gasteiger partial charge in [0, 0.05) is 5.57 Å². The number of esters is 1. The zero-order valence-electron chi connectivity index (χ0n) is 19.5. The minimum atomic E-state index is -0.226. The van der Waals surface area contributed by atoms with E-state index in [0.29, 0.717) is 18.1 Å². The lowest BCUT2D eigenvalue weighted by Crippen LogP contribution is -2.15. The Morgan fingerprint density at radius 1 is 0.679 bits per heavy atom. The third-order valence-corrected chi connectivity index (χ3v) is 5.73. The van der Waals surface area contributed by atoms with Crippen molar-refractivity contribution in [1.29, 1.82) is 0 Å². The van der Waals surface area contributed by atoms with Gasteiger partial charge in [-0.1, -0.05) is 123 Å². The van der Waals surface area contributed by atoms with Crippen LogP contribution in [-0.4, -0.2) is 12.6 Å². The molecule has 0 aliphatic rings. The van der Waals surface area contributed by atoms with E-state index >= 15 is 0 Å². The number of rotatable bonds is 21. The lowest BCUT2D eigenvalue weighted by molar-refractivity contribution is -0.140. The highest BCUT2D eigenvalue weighted by molar-refractivity contribution is 5.86. The largest absolute Gasteiger partial charge is 0.462 e. The second-order valence-corrected chi connectivity index (χ2v) is 8.77. The standard InChI is InChI=1S/C26H50O2/c1-5-7-9-11-13-14-15-16-18-20-22-25(23-28-26(27)24(3)4)21-19-17-12-10-8-6-2/h25H,3,5-23H2,1-2,4H3. The molecule has 0 saturated heterocycles. The van der Waals surface area contributed by atoms with Crippen LogP contribution in [-0.2, 0) is 9.53 Å². The number of ether oxygens (including phenoxy) is 1. The van der Waals surface area contributed by atoms with Crippen LogP contribution in [0.1, 0.15) is 136 Å². The summed E-state index contributed by atoms with van der Waals surface area (Å²) < 4.78 is 5.47. The van der Waals surface area contributed by atoms with Crippen LogP contribution in [0, 0.1) is 5.92 Å². The first-order valence-corrected chi connectivity index (χ1v) is 12.4. The van der Waals surface area contributed by atoms with Crippen molar-refractivity contribution in [3.8, 4) is 0 Å². The predicted molar refractivity (Wildman–Crippen MR) is 124 cm³/mol. The van der Waals surface area contributed by atoms with Gasteiger partial charge in [-0.25, -0.2) is 4.79 Å². The first-order chi connectivity index (χ1) is 13.6. The van der Waals surface area contributed by atoms with E-state index in [2.05, 4.69) is 20.4 Å². The number of hydrogen-bond donors (Lipinski definition) is 0. The smallest absolute Gasteiger partial charge is 0.333 e. The summed E-state index contributed by atoms with van der Waals surface area (Å²) in [5.41, 5.74) is 0.511. The van der Waals surface area contributed by atoms with Crippen LogP contribution in [0.25, 0.3) is 0 Å². The third kappa shape index (κ3) is 18.6. The van der Waals surface area contributed by atoms with E-state index in [1.807, 2.05) is 0 Å². The van der Waals surface area contributed by atoms with E-state index in [1.165, 1.54) is 116 Å². The van der Waals surface area contributed by atoms with Gasteiger partial charge in [0.2, 0.25) is 0 Å². The molecule has 166 valence electrons. The first kappa shape index (κ1) is 27.2. The molecular weight excluding hydrogens is 344 g/mol. The summed E-state index contributed by atoms with van der Waals surface area (Å²) in [6.45, 7) is 10.5. The van der Waals surface area contributed by atoms with Crippen molar-refractivity contribution < 1.29 is 9.53 Å². The maximum atomic E-state index is 11.7. The van der Waals surface area contributed by atoms with Crippen molar-refractivity contribution >= 4 is 5.97 Å². The predicted octanol–water partition coefficient (Wildman–Crippen LogP) is 8.78. The van der Waals surface area contributed by atoms with Crippen LogP contribution in [0.5, 0.6) is 0 Å². The van der Waals surface area contributed by atoms with Crippen molar-refractivity contribution in [3.05, 3.63) is 12.2 Å². The molecule has 0 aliphatic carbocycles. The van der Waals surface area contributed by atoms with Crippen LogP contribution in [0.4, 0.5) is 0 Å². The molecule has 0 aromatic rings. The quantitative estimate of drug-likeness (QED) is 0.110. The lowest BCUT2D eigenvalue weighted by atomic mass is 9.94. The van der Waals surface area contributed by atoms with Crippen LogP contribution < -0.4 is 0 Å². The highest BCUT2D eigenvalue weighted by Crippen LogP contribution is 2.20. The van der Waals surface area contributed by atoms with Crippen molar-refractivity contribution in [2.75, 3.05) is 6.61 Å². The van der Waals surface area contributed by atoms with Crippen molar-refractivity contribution in [3.63, 3.8) is 0 Å². The van der Waals surface area contributed by atoms with Crippen molar-refractivity contribution in [1.82, 2.24) is 0 Å². The molecular formula is C26H50O2. The molecule has 0 radical (unpaired) electrons. The van der Waals surface area contributed by atoms with E-state index in [9.17, 15) is 4.79 Å². The van der Waals surface area contributed by atoms with Gasteiger partial charge >= 0.3 is 5.97 Å².